The SMILES string of the molecule is CSC1=C(Cl)C(Cl)C(Cl)=C1Cl. The molecule has 0 aliphatic heterocycles. The molecule has 0 spiro atoms. The molecule has 1 aliphatic carbocycles. The van der Waals surface area contributed by atoms with Crippen molar-refractivity contribution in [3.63, 3.8) is 0 Å². The van der Waals surface area contributed by atoms with Gasteiger partial charge in [-0.3, -0.25) is 0 Å². The van der Waals surface area contributed by atoms with Crippen molar-refractivity contribution in [3.05, 3.63) is 20.0 Å². The fourth-order valence-electron chi connectivity index (χ4n) is 0.738. The van der Waals surface area contributed by atoms with Crippen LogP contribution in [-0.4, -0.2) is 11.6 Å². The number of allylic oxidation sites excluding steroid dienone is 3. The van der Waals surface area contributed by atoms with Crippen LogP contribution >= 0.6 is 58.2 Å². The lowest BCUT2D eigenvalue weighted by atomic mass is 10.5. The van der Waals surface area contributed by atoms with Crippen LogP contribution in [0.5, 0.6) is 0 Å². The number of hydrogen-bond donors (Lipinski definition) is 0. The van der Waals surface area contributed by atoms with Crippen molar-refractivity contribution < 1.29 is 0 Å². The maximum Gasteiger partial charge on any atom is 0.107 e. The summed E-state index contributed by atoms with van der Waals surface area (Å²) in [6.45, 7) is 0. The normalized spacial score (nSPS) is 25.4. The first-order valence-electron chi connectivity index (χ1n) is 2.72. The monoisotopic (exact) mass is 248 g/mol. The van der Waals surface area contributed by atoms with Crippen LogP contribution < -0.4 is 0 Å². The number of alkyl halides is 1. The van der Waals surface area contributed by atoms with Gasteiger partial charge in [0.1, 0.15) is 5.38 Å². The summed E-state index contributed by atoms with van der Waals surface area (Å²) in [5.74, 6) is 0. The summed E-state index contributed by atoms with van der Waals surface area (Å²) in [6, 6.07) is 0. The number of halogens is 4. The molecule has 62 valence electrons. The zero-order chi connectivity index (χ0) is 8.59. The molecule has 0 aromatic rings. The van der Waals surface area contributed by atoms with Crippen LogP contribution in [0.15, 0.2) is 20.0 Å². The molecule has 0 fully saturated rings. The van der Waals surface area contributed by atoms with Crippen LogP contribution in [0.3, 0.4) is 0 Å². The van der Waals surface area contributed by atoms with Gasteiger partial charge in [0, 0.05) is 4.91 Å². The van der Waals surface area contributed by atoms with Crippen LogP contribution in [0.25, 0.3) is 0 Å². The maximum absolute atomic E-state index is 5.83. The molecule has 1 rings (SSSR count). The van der Waals surface area contributed by atoms with Crippen LogP contribution in [-0.2, 0) is 0 Å². The van der Waals surface area contributed by atoms with Gasteiger partial charge in [-0.15, -0.1) is 23.4 Å². The van der Waals surface area contributed by atoms with Gasteiger partial charge in [0.05, 0.1) is 15.1 Å². The second-order valence-corrected chi connectivity index (χ2v) is 4.35. The molecule has 0 bridgehead atoms. The second-order valence-electron chi connectivity index (χ2n) is 1.91. The van der Waals surface area contributed by atoms with Gasteiger partial charge in [0.15, 0.2) is 0 Å². The Morgan fingerprint density at radius 3 is 1.91 bits per heavy atom. The highest BCUT2D eigenvalue weighted by Crippen LogP contribution is 2.45. The van der Waals surface area contributed by atoms with E-state index in [1.165, 1.54) is 11.8 Å². The Hall–Kier alpha value is 0.990. The molecular formula is C6H4Cl4S. The molecule has 0 aromatic carbocycles. The van der Waals surface area contributed by atoms with Crippen molar-refractivity contribution in [3.8, 4) is 0 Å². The van der Waals surface area contributed by atoms with Crippen molar-refractivity contribution in [2.24, 2.45) is 0 Å². The van der Waals surface area contributed by atoms with E-state index in [9.17, 15) is 0 Å². The van der Waals surface area contributed by atoms with E-state index in [4.69, 9.17) is 46.4 Å². The lowest BCUT2D eigenvalue weighted by molar-refractivity contribution is 1.37. The van der Waals surface area contributed by atoms with Gasteiger partial charge in [-0.1, -0.05) is 34.8 Å². The minimum atomic E-state index is -0.451. The first kappa shape index (κ1) is 10.1. The standard InChI is InChI=1S/C6H4Cl4S/c1-11-6-4(9)2(7)3(8)5(6)10/h2H,1H3. The molecule has 5 heteroatoms. The molecule has 11 heavy (non-hydrogen) atoms. The highest BCUT2D eigenvalue weighted by atomic mass is 35.5. The molecule has 0 N–H and O–H groups in total. The molecule has 0 saturated carbocycles. The van der Waals surface area contributed by atoms with E-state index in [1.54, 1.807) is 0 Å². The summed E-state index contributed by atoms with van der Waals surface area (Å²) in [6.07, 6.45) is 1.87. The number of rotatable bonds is 1. The Morgan fingerprint density at radius 2 is 1.73 bits per heavy atom. The number of thioether (sulfide) groups is 1. The van der Waals surface area contributed by atoms with Crippen LogP contribution in [0, 0.1) is 0 Å². The van der Waals surface area contributed by atoms with Gasteiger partial charge in [0.2, 0.25) is 0 Å². The zero-order valence-corrected chi connectivity index (χ0v) is 9.34. The lowest BCUT2D eigenvalue weighted by Crippen LogP contribution is -1.92. The van der Waals surface area contributed by atoms with Crippen molar-refractivity contribution in [1.29, 1.82) is 0 Å². The van der Waals surface area contributed by atoms with Crippen LogP contribution in [0.4, 0.5) is 0 Å². The molecule has 0 saturated heterocycles. The van der Waals surface area contributed by atoms with E-state index in [2.05, 4.69) is 0 Å². The first-order chi connectivity index (χ1) is 5.09. The zero-order valence-electron chi connectivity index (χ0n) is 5.50. The molecule has 0 heterocycles. The smallest absolute Gasteiger partial charge is 0.107 e. The Morgan fingerprint density at radius 1 is 1.18 bits per heavy atom. The molecule has 0 amide bonds. The summed E-state index contributed by atoms with van der Waals surface area (Å²) in [4.78, 5) is 0.776. The largest absolute Gasteiger partial charge is 0.127 e. The highest BCUT2D eigenvalue weighted by molar-refractivity contribution is 8.02. The summed E-state index contributed by atoms with van der Waals surface area (Å²) < 4.78 is 0. The van der Waals surface area contributed by atoms with Gasteiger partial charge < -0.3 is 0 Å². The summed E-state index contributed by atoms with van der Waals surface area (Å²) in [5.41, 5.74) is 0. The molecule has 0 aromatic heterocycles. The third kappa shape index (κ3) is 1.68. The third-order valence-corrected chi connectivity index (χ3v) is 4.30. The van der Waals surface area contributed by atoms with E-state index in [1.807, 2.05) is 6.26 Å². The lowest BCUT2D eigenvalue weighted by Gasteiger charge is -1.98. The van der Waals surface area contributed by atoms with E-state index in [-0.39, 0.29) is 0 Å². The minimum absolute atomic E-state index is 0.419. The van der Waals surface area contributed by atoms with Gasteiger partial charge in [-0.05, 0) is 6.26 Å². The third-order valence-electron chi connectivity index (χ3n) is 1.28. The van der Waals surface area contributed by atoms with E-state index >= 15 is 0 Å². The molecular weight excluding hydrogens is 246 g/mol. The van der Waals surface area contributed by atoms with Crippen molar-refractivity contribution in [2.75, 3.05) is 6.26 Å². The summed E-state index contributed by atoms with van der Waals surface area (Å²) >= 11 is 24.7. The summed E-state index contributed by atoms with van der Waals surface area (Å²) in [7, 11) is 0. The molecule has 1 unspecified atom stereocenters. The van der Waals surface area contributed by atoms with Gasteiger partial charge in [-0.2, -0.15) is 0 Å². The van der Waals surface area contributed by atoms with Crippen molar-refractivity contribution in [2.45, 2.75) is 5.38 Å². The van der Waals surface area contributed by atoms with E-state index in [0.717, 1.165) is 4.91 Å². The quantitative estimate of drug-likeness (QED) is 0.631. The molecule has 1 aliphatic rings. The molecule has 0 nitrogen and oxygen atoms in total. The summed E-state index contributed by atoms with van der Waals surface area (Å²) in [5, 5.41) is 0.967. The van der Waals surface area contributed by atoms with Crippen LogP contribution in [0.1, 0.15) is 0 Å². The topological polar surface area (TPSA) is 0 Å². The average Bonchev–Trinajstić information content (AvgIpc) is 2.17. The van der Waals surface area contributed by atoms with Crippen molar-refractivity contribution >= 4 is 58.2 Å². The predicted molar refractivity (Wildman–Crippen MR) is 54.8 cm³/mol. The fraction of sp³-hybridized carbons (Fsp3) is 0.333. The molecule has 0 radical (unpaired) electrons. The Bertz CT molecular complexity index is 243. The Kier molecular flexibility index (Phi) is 3.48. The first-order valence-corrected chi connectivity index (χ1v) is 5.52. The second kappa shape index (κ2) is 3.80. The van der Waals surface area contributed by atoms with Crippen molar-refractivity contribution in [1.82, 2.24) is 0 Å². The van der Waals surface area contributed by atoms with Gasteiger partial charge >= 0.3 is 0 Å². The maximum atomic E-state index is 5.83. The van der Waals surface area contributed by atoms with Crippen LogP contribution in [0.2, 0.25) is 0 Å². The number of hydrogen-bond acceptors (Lipinski definition) is 1. The van der Waals surface area contributed by atoms with Gasteiger partial charge in [0.25, 0.3) is 0 Å². The Labute approximate surface area is 89.5 Å². The minimum Gasteiger partial charge on any atom is -0.127 e. The fourth-order valence-corrected chi connectivity index (χ4v) is 2.92. The molecule has 1 atom stereocenters. The van der Waals surface area contributed by atoms with Gasteiger partial charge in [-0.25, -0.2) is 0 Å². The predicted octanol–water partition coefficient (Wildman–Crippen LogP) is 4.11. The Balaban J connectivity index is 3.07. The average molecular weight is 250 g/mol. The van der Waals surface area contributed by atoms with E-state index in [0.29, 0.717) is 15.1 Å². The highest BCUT2D eigenvalue weighted by Gasteiger charge is 2.29. The van der Waals surface area contributed by atoms with E-state index < -0.39 is 5.38 Å².